The summed E-state index contributed by atoms with van der Waals surface area (Å²) in [7, 11) is 1.62. The lowest BCUT2D eigenvalue weighted by molar-refractivity contribution is -0.0639. The molecule has 16 heavy (non-hydrogen) atoms. The van der Waals surface area contributed by atoms with E-state index in [0.717, 1.165) is 11.3 Å². The van der Waals surface area contributed by atoms with Crippen molar-refractivity contribution in [3.8, 4) is 5.75 Å². The molecule has 2 unspecified atom stereocenters. The van der Waals surface area contributed by atoms with E-state index in [2.05, 4.69) is 0 Å². The van der Waals surface area contributed by atoms with Gasteiger partial charge in [-0.3, -0.25) is 0 Å². The SMILES string of the molecule is COc1ccccc1C1OCC(CCO)O1. The summed E-state index contributed by atoms with van der Waals surface area (Å²) in [6.07, 6.45) is 0.193. The highest BCUT2D eigenvalue weighted by Gasteiger charge is 2.28. The van der Waals surface area contributed by atoms with E-state index in [9.17, 15) is 0 Å². The second-order valence-corrected chi connectivity index (χ2v) is 3.68. The minimum Gasteiger partial charge on any atom is -0.496 e. The molecule has 4 heteroatoms. The molecule has 0 radical (unpaired) electrons. The number of hydrogen-bond donors (Lipinski definition) is 1. The number of hydrogen-bond acceptors (Lipinski definition) is 4. The molecule has 2 rings (SSSR count). The summed E-state index contributed by atoms with van der Waals surface area (Å²) in [6.45, 7) is 0.635. The van der Waals surface area contributed by atoms with E-state index < -0.39 is 0 Å². The Morgan fingerprint density at radius 1 is 1.44 bits per heavy atom. The molecular formula is C12H16O4. The van der Waals surface area contributed by atoms with Crippen LogP contribution in [0.5, 0.6) is 5.75 Å². The van der Waals surface area contributed by atoms with Crippen molar-refractivity contribution in [2.75, 3.05) is 20.3 Å². The number of benzene rings is 1. The molecule has 0 saturated carbocycles. The average molecular weight is 224 g/mol. The van der Waals surface area contributed by atoms with Crippen LogP contribution in [0.4, 0.5) is 0 Å². The number of rotatable bonds is 4. The van der Waals surface area contributed by atoms with Gasteiger partial charge in [-0.1, -0.05) is 18.2 Å². The number of ether oxygens (including phenoxy) is 3. The summed E-state index contributed by atoms with van der Waals surface area (Å²) in [6, 6.07) is 7.62. The zero-order valence-corrected chi connectivity index (χ0v) is 9.26. The van der Waals surface area contributed by atoms with Crippen molar-refractivity contribution in [2.24, 2.45) is 0 Å². The normalized spacial score (nSPS) is 24.6. The Kier molecular flexibility index (Phi) is 3.77. The van der Waals surface area contributed by atoms with Gasteiger partial charge in [0, 0.05) is 12.2 Å². The second-order valence-electron chi connectivity index (χ2n) is 3.68. The van der Waals surface area contributed by atoms with E-state index >= 15 is 0 Å². The summed E-state index contributed by atoms with van der Waals surface area (Å²) < 4.78 is 16.4. The lowest BCUT2D eigenvalue weighted by Crippen LogP contribution is -2.11. The van der Waals surface area contributed by atoms with Crippen LogP contribution in [0.3, 0.4) is 0 Å². The van der Waals surface area contributed by atoms with Gasteiger partial charge in [0.25, 0.3) is 0 Å². The monoisotopic (exact) mass is 224 g/mol. The van der Waals surface area contributed by atoms with Gasteiger partial charge in [0.15, 0.2) is 6.29 Å². The van der Waals surface area contributed by atoms with Crippen LogP contribution in [0.2, 0.25) is 0 Å². The van der Waals surface area contributed by atoms with Gasteiger partial charge >= 0.3 is 0 Å². The fourth-order valence-corrected chi connectivity index (χ4v) is 1.77. The first-order chi connectivity index (χ1) is 7.85. The van der Waals surface area contributed by atoms with Crippen molar-refractivity contribution in [3.63, 3.8) is 0 Å². The average Bonchev–Trinajstić information content (AvgIpc) is 2.78. The number of methoxy groups -OCH3 is 1. The van der Waals surface area contributed by atoms with Crippen molar-refractivity contribution in [3.05, 3.63) is 29.8 Å². The van der Waals surface area contributed by atoms with E-state index in [0.29, 0.717) is 13.0 Å². The van der Waals surface area contributed by atoms with Crippen molar-refractivity contribution >= 4 is 0 Å². The molecule has 0 spiro atoms. The minimum atomic E-state index is -0.382. The zero-order chi connectivity index (χ0) is 11.4. The van der Waals surface area contributed by atoms with Crippen LogP contribution < -0.4 is 4.74 Å². The van der Waals surface area contributed by atoms with Gasteiger partial charge in [0.1, 0.15) is 5.75 Å². The van der Waals surface area contributed by atoms with Gasteiger partial charge in [-0.15, -0.1) is 0 Å². The van der Waals surface area contributed by atoms with Crippen molar-refractivity contribution in [1.29, 1.82) is 0 Å². The molecule has 1 heterocycles. The molecular weight excluding hydrogens is 208 g/mol. The summed E-state index contributed by atoms with van der Waals surface area (Å²) in [5, 5.41) is 8.82. The van der Waals surface area contributed by atoms with Crippen LogP contribution in [0.1, 0.15) is 18.3 Å². The maximum atomic E-state index is 8.82. The first kappa shape index (κ1) is 11.4. The van der Waals surface area contributed by atoms with Crippen molar-refractivity contribution in [1.82, 2.24) is 0 Å². The minimum absolute atomic E-state index is 0.0279. The van der Waals surface area contributed by atoms with Gasteiger partial charge in [0.05, 0.1) is 19.8 Å². The van der Waals surface area contributed by atoms with Crippen molar-refractivity contribution < 1.29 is 19.3 Å². The highest BCUT2D eigenvalue weighted by atomic mass is 16.7. The van der Waals surface area contributed by atoms with E-state index in [1.54, 1.807) is 7.11 Å². The molecule has 0 aliphatic carbocycles. The topological polar surface area (TPSA) is 47.9 Å². The molecule has 1 saturated heterocycles. The third-order valence-electron chi connectivity index (χ3n) is 2.59. The zero-order valence-electron chi connectivity index (χ0n) is 9.26. The van der Waals surface area contributed by atoms with Crippen molar-refractivity contribution in [2.45, 2.75) is 18.8 Å². The standard InChI is InChI=1S/C12H16O4/c1-14-11-5-3-2-4-10(11)12-15-8-9(16-12)6-7-13/h2-5,9,12-13H,6-8H2,1H3. The Hall–Kier alpha value is -1.10. The lowest BCUT2D eigenvalue weighted by atomic mass is 10.2. The number of para-hydroxylation sites is 1. The molecule has 4 nitrogen and oxygen atoms in total. The second kappa shape index (κ2) is 5.30. The smallest absolute Gasteiger partial charge is 0.187 e. The molecule has 0 aromatic heterocycles. The van der Waals surface area contributed by atoms with E-state index in [4.69, 9.17) is 19.3 Å². The van der Waals surface area contributed by atoms with E-state index in [1.807, 2.05) is 24.3 Å². The maximum Gasteiger partial charge on any atom is 0.187 e. The van der Waals surface area contributed by atoms with Gasteiger partial charge in [-0.05, 0) is 12.5 Å². The Labute approximate surface area is 94.8 Å². The fraction of sp³-hybridized carbons (Fsp3) is 0.500. The first-order valence-electron chi connectivity index (χ1n) is 5.36. The predicted octanol–water partition coefficient (Wildman–Crippen LogP) is 1.49. The lowest BCUT2D eigenvalue weighted by Gasteiger charge is -2.14. The quantitative estimate of drug-likeness (QED) is 0.841. The van der Waals surface area contributed by atoms with Crippen LogP contribution >= 0.6 is 0 Å². The Morgan fingerprint density at radius 3 is 3.00 bits per heavy atom. The third-order valence-corrected chi connectivity index (χ3v) is 2.59. The highest BCUT2D eigenvalue weighted by molar-refractivity contribution is 5.34. The summed E-state index contributed by atoms with van der Waals surface area (Å²) in [4.78, 5) is 0. The molecule has 1 aromatic carbocycles. The van der Waals surface area contributed by atoms with Gasteiger partial charge < -0.3 is 19.3 Å². The van der Waals surface area contributed by atoms with Gasteiger partial charge in [-0.25, -0.2) is 0 Å². The molecule has 2 atom stereocenters. The summed E-state index contributed by atoms with van der Waals surface area (Å²) in [5.74, 6) is 0.761. The maximum absolute atomic E-state index is 8.82. The Balaban J connectivity index is 2.08. The molecule has 1 aliphatic heterocycles. The molecule has 1 fully saturated rings. The van der Waals surface area contributed by atoms with Crippen LogP contribution in [0.15, 0.2) is 24.3 Å². The molecule has 1 N–H and O–H groups in total. The van der Waals surface area contributed by atoms with Gasteiger partial charge in [-0.2, -0.15) is 0 Å². The molecule has 1 aliphatic rings. The largest absolute Gasteiger partial charge is 0.496 e. The summed E-state index contributed by atoms with van der Waals surface area (Å²) in [5.41, 5.74) is 0.894. The summed E-state index contributed by atoms with van der Waals surface area (Å²) >= 11 is 0. The number of aliphatic hydroxyl groups excluding tert-OH is 1. The molecule has 0 bridgehead atoms. The highest BCUT2D eigenvalue weighted by Crippen LogP contribution is 2.33. The van der Waals surface area contributed by atoms with Gasteiger partial charge in [0.2, 0.25) is 0 Å². The first-order valence-corrected chi connectivity index (χ1v) is 5.36. The fourth-order valence-electron chi connectivity index (χ4n) is 1.77. The Bertz CT molecular complexity index is 340. The third kappa shape index (κ3) is 2.35. The predicted molar refractivity (Wildman–Crippen MR) is 58.3 cm³/mol. The van der Waals surface area contributed by atoms with Crippen LogP contribution in [-0.2, 0) is 9.47 Å². The van der Waals surface area contributed by atoms with E-state index in [-0.39, 0.29) is 19.0 Å². The van der Waals surface area contributed by atoms with Crippen LogP contribution in [0.25, 0.3) is 0 Å². The Morgan fingerprint density at radius 2 is 2.25 bits per heavy atom. The molecule has 0 amide bonds. The van der Waals surface area contributed by atoms with E-state index in [1.165, 1.54) is 0 Å². The number of aliphatic hydroxyl groups is 1. The molecule has 1 aromatic rings. The molecule has 88 valence electrons. The van der Waals surface area contributed by atoms with Crippen LogP contribution in [-0.4, -0.2) is 31.5 Å². The van der Waals surface area contributed by atoms with Crippen LogP contribution in [0, 0.1) is 0 Å².